The molecule has 0 radical (unpaired) electrons. The molecule has 0 aliphatic carbocycles. The molecule has 1 N–H and O–H groups in total. The van der Waals surface area contributed by atoms with Crippen molar-refractivity contribution >= 4 is 27.5 Å². The molecule has 0 spiro atoms. The van der Waals surface area contributed by atoms with Crippen LogP contribution < -0.4 is 14.8 Å². The normalized spacial score (nSPS) is 13.9. The number of carbonyl (C=O) groups excluding carboxylic acids is 1. The van der Waals surface area contributed by atoms with E-state index in [2.05, 4.69) is 21.2 Å². The lowest BCUT2D eigenvalue weighted by Crippen LogP contribution is -2.11. The second-order valence-electron chi connectivity index (χ2n) is 3.70. The van der Waals surface area contributed by atoms with Crippen molar-refractivity contribution < 1.29 is 14.3 Å². The number of hydrogen-bond donors (Lipinski definition) is 1. The average molecular weight is 300 g/mol. The third-order valence-electron chi connectivity index (χ3n) is 2.35. The maximum Gasteiger partial charge on any atom is 0.225 e. The Hall–Kier alpha value is -1.23. The number of nitrogens with one attached hydrogen (secondary N) is 1. The van der Waals surface area contributed by atoms with Crippen LogP contribution >= 0.6 is 15.9 Å². The molecule has 2 rings (SSSR count). The predicted octanol–water partition coefficient (Wildman–Crippen LogP) is 2.57. The first-order valence-corrected chi connectivity index (χ1v) is 6.67. The van der Waals surface area contributed by atoms with Crippen molar-refractivity contribution in [3.05, 3.63) is 18.2 Å². The van der Waals surface area contributed by atoms with Crippen LogP contribution in [0.1, 0.15) is 12.8 Å². The van der Waals surface area contributed by atoms with Gasteiger partial charge in [0.2, 0.25) is 5.91 Å². The first-order valence-electron chi connectivity index (χ1n) is 5.55. The molecule has 1 aliphatic rings. The zero-order valence-electron chi connectivity index (χ0n) is 9.37. The lowest BCUT2D eigenvalue weighted by atomic mass is 10.2. The van der Waals surface area contributed by atoms with E-state index < -0.39 is 0 Å². The Kier molecular flexibility index (Phi) is 4.25. The molecule has 4 nitrogen and oxygen atoms in total. The van der Waals surface area contributed by atoms with E-state index in [9.17, 15) is 4.79 Å². The van der Waals surface area contributed by atoms with Crippen LogP contribution in [0.3, 0.4) is 0 Å². The Balaban J connectivity index is 2.09. The van der Waals surface area contributed by atoms with Gasteiger partial charge in [0.05, 0.1) is 13.2 Å². The van der Waals surface area contributed by atoms with Crippen LogP contribution in [0.2, 0.25) is 0 Å². The molecule has 1 aromatic rings. The van der Waals surface area contributed by atoms with Crippen LogP contribution in [0.15, 0.2) is 18.2 Å². The molecular formula is C12H14BrNO3. The summed E-state index contributed by atoms with van der Waals surface area (Å²) in [6, 6.07) is 5.44. The summed E-state index contributed by atoms with van der Waals surface area (Å²) in [5.41, 5.74) is 0.736. The highest BCUT2D eigenvalue weighted by Gasteiger charge is 2.11. The lowest BCUT2D eigenvalue weighted by molar-refractivity contribution is -0.115. The van der Waals surface area contributed by atoms with Crippen LogP contribution in [0, 0.1) is 0 Å². The summed E-state index contributed by atoms with van der Waals surface area (Å²) in [5.74, 6) is 1.41. The van der Waals surface area contributed by atoms with Crippen LogP contribution in [0.4, 0.5) is 5.69 Å². The molecule has 0 unspecified atom stereocenters. The predicted molar refractivity (Wildman–Crippen MR) is 69.1 cm³/mol. The van der Waals surface area contributed by atoms with Crippen LogP contribution in [0.25, 0.3) is 0 Å². The highest BCUT2D eigenvalue weighted by Crippen LogP contribution is 2.32. The number of carbonyl (C=O) groups is 1. The molecule has 1 amide bonds. The maximum atomic E-state index is 11.4. The molecule has 5 heteroatoms. The van der Waals surface area contributed by atoms with Gasteiger partial charge in [0.1, 0.15) is 0 Å². The minimum atomic E-state index is -0.0173. The Morgan fingerprint density at radius 3 is 2.82 bits per heavy atom. The second-order valence-corrected chi connectivity index (χ2v) is 4.49. The monoisotopic (exact) mass is 299 g/mol. The van der Waals surface area contributed by atoms with Gasteiger partial charge in [0, 0.05) is 29.9 Å². The van der Waals surface area contributed by atoms with Gasteiger partial charge in [-0.1, -0.05) is 15.9 Å². The minimum Gasteiger partial charge on any atom is -0.490 e. The largest absolute Gasteiger partial charge is 0.490 e. The third-order valence-corrected chi connectivity index (χ3v) is 2.75. The second kappa shape index (κ2) is 5.91. The molecule has 1 aliphatic heterocycles. The van der Waals surface area contributed by atoms with Gasteiger partial charge >= 0.3 is 0 Å². The van der Waals surface area contributed by atoms with Gasteiger partial charge in [-0.3, -0.25) is 4.79 Å². The Morgan fingerprint density at radius 1 is 1.29 bits per heavy atom. The molecule has 0 saturated carbocycles. The van der Waals surface area contributed by atoms with Gasteiger partial charge in [-0.05, 0) is 12.1 Å². The molecule has 17 heavy (non-hydrogen) atoms. The molecule has 0 atom stereocenters. The Labute approximate surface area is 108 Å². The van der Waals surface area contributed by atoms with Crippen molar-refractivity contribution in [3.63, 3.8) is 0 Å². The van der Waals surface area contributed by atoms with Gasteiger partial charge < -0.3 is 14.8 Å². The molecule has 1 heterocycles. The SMILES string of the molecule is O=C(CCBr)Nc1ccc2c(c1)OCCCO2. The van der Waals surface area contributed by atoms with E-state index in [1.54, 1.807) is 6.07 Å². The molecule has 0 saturated heterocycles. The molecule has 0 aromatic heterocycles. The summed E-state index contributed by atoms with van der Waals surface area (Å²) in [4.78, 5) is 11.4. The van der Waals surface area contributed by atoms with E-state index in [-0.39, 0.29) is 5.91 Å². The molecular weight excluding hydrogens is 286 g/mol. The van der Waals surface area contributed by atoms with E-state index in [1.165, 1.54) is 0 Å². The smallest absolute Gasteiger partial charge is 0.225 e. The van der Waals surface area contributed by atoms with E-state index in [0.717, 1.165) is 17.9 Å². The quantitative estimate of drug-likeness (QED) is 0.873. The van der Waals surface area contributed by atoms with Gasteiger partial charge in [0.25, 0.3) is 0 Å². The maximum absolute atomic E-state index is 11.4. The molecule has 1 aromatic carbocycles. The van der Waals surface area contributed by atoms with Crippen molar-refractivity contribution in [2.24, 2.45) is 0 Å². The summed E-state index contributed by atoms with van der Waals surface area (Å²) in [6.45, 7) is 1.31. The molecule has 92 valence electrons. The topological polar surface area (TPSA) is 47.6 Å². The van der Waals surface area contributed by atoms with Crippen molar-refractivity contribution in [2.45, 2.75) is 12.8 Å². The summed E-state index contributed by atoms with van der Waals surface area (Å²) in [5, 5.41) is 3.47. The van der Waals surface area contributed by atoms with E-state index in [1.807, 2.05) is 12.1 Å². The number of halogens is 1. The van der Waals surface area contributed by atoms with Gasteiger partial charge in [-0.25, -0.2) is 0 Å². The number of anilines is 1. The summed E-state index contributed by atoms with van der Waals surface area (Å²) < 4.78 is 11.1. The standard InChI is InChI=1S/C12H14BrNO3/c13-5-4-12(15)14-9-2-3-10-11(8-9)17-7-1-6-16-10/h2-3,8H,1,4-7H2,(H,14,15). The number of amides is 1. The number of hydrogen-bond acceptors (Lipinski definition) is 3. The first-order chi connectivity index (χ1) is 8.29. The average Bonchev–Trinajstić information content (AvgIpc) is 2.53. The van der Waals surface area contributed by atoms with E-state index in [0.29, 0.717) is 30.7 Å². The highest BCUT2D eigenvalue weighted by molar-refractivity contribution is 9.09. The van der Waals surface area contributed by atoms with E-state index in [4.69, 9.17) is 9.47 Å². The number of alkyl halides is 1. The van der Waals surface area contributed by atoms with Gasteiger partial charge in [-0.15, -0.1) is 0 Å². The van der Waals surface area contributed by atoms with Crippen molar-refractivity contribution in [2.75, 3.05) is 23.9 Å². The molecule has 0 fully saturated rings. The van der Waals surface area contributed by atoms with Crippen LogP contribution in [-0.4, -0.2) is 24.5 Å². The number of fused-ring (bicyclic) bond motifs is 1. The number of rotatable bonds is 3. The summed E-state index contributed by atoms with van der Waals surface area (Å²) in [7, 11) is 0. The number of ether oxygens (including phenoxy) is 2. The highest BCUT2D eigenvalue weighted by atomic mass is 79.9. The Morgan fingerprint density at radius 2 is 2.06 bits per heavy atom. The van der Waals surface area contributed by atoms with Crippen molar-refractivity contribution in [3.8, 4) is 11.5 Å². The zero-order chi connectivity index (χ0) is 12.1. The number of benzene rings is 1. The fourth-order valence-electron chi connectivity index (χ4n) is 1.55. The summed E-state index contributed by atoms with van der Waals surface area (Å²) >= 11 is 3.23. The fraction of sp³-hybridized carbons (Fsp3) is 0.417. The fourth-order valence-corrected chi connectivity index (χ4v) is 1.91. The third kappa shape index (κ3) is 3.36. The summed E-state index contributed by atoms with van der Waals surface area (Å²) in [6.07, 6.45) is 1.33. The van der Waals surface area contributed by atoms with E-state index >= 15 is 0 Å². The molecule has 0 bridgehead atoms. The van der Waals surface area contributed by atoms with Crippen LogP contribution in [0.5, 0.6) is 11.5 Å². The first kappa shape index (κ1) is 12.2. The Bertz CT molecular complexity index is 409. The van der Waals surface area contributed by atoms with Crippen molar-refractivity contribution in [1.29, 1.82) is 0 Å². The van der Waals surface area contributed by atoms with Gasteiger partial charge in [-0.2, -0.15) is 0 Å². The van der Waals surface area contributed by atoms with Crippen molar-refractivity contribution in [1.82, 2.24) is 0 Å². The zero-order valence-corrected chi connectivity index (χ0v) is 11.0. The lowest BCUT2D eigenvalue weighted by Gasteiger charge is -2.10. The minimum absolute atomic E-state index is 0.0173. The van der Waals surface area contributed by atoms with Gasteiger partial charge in [0.15, 0.2) is 11.5 Å². The van der Waals surface area contributed by atoms with Crippen LogP contribution in [-0.2, 0) is 4.79 Å².